The van der Waals surface area contributed by atoms with Gasteiger partial charge in [0.2, 0.25) is 5.91 Å². The SMILES string of the molecule is C=CC(=O)NC(C)c1csc2ccccc12. The third-order valence-electron chi connectivity index (χ3n) is 2.52. The monoisotopic (exact) mass is 231 g/mol. The van der Waals surface area contributed by atoms with Crippen molar-refractivity contribution in [3.8, 4) is 0 Å². The minimum atomic E-state index is -0.136. The van der Waals surface area contributed by atoms with Crippen LogP contribution in [0.3, 0.4) is 0 Å². The van der Waals surface area contributed by atoms with Gasteiger partial charge in [-0.1, -0.05) is 24.8 Å². The molecular formula is C13H13NOS. The van der Waals surface area contributed by atoms with Crippen LogP contribution in [0.5, 0.6) is 0 Å². The van der Waals surface area contributed by atoms with Gasteiger partial charge in [0.25, 0.3) is 0 Å². The molecule has 1 N–H and O–H groups in total. The number of hydrogen-bond donors (Lipinski definition) is 1. The average molecular weight is 231 g/mol. The fourth-order valence-electron chi connectivity index (χ4n) is 1.68. The lowest BCUT2D eigenvalue weighted by Crippen LogP contribution is -2.24. The second-order valence-corrected chi connectivity index (χ2v) is 4.53. The van der Waals surface area contributed by atoms with Gasteiger partial charge < -0.3 is 5.32 Å². The van der Waals surface area contributed by atoms with Crippen LogP contribution >= 0.6 is 11.3 Å². The van der Waals surface area contributed by atoms with Gasteiger partial charge in [0, 0.05) is 4.70 Å². The van der Waals surface area contributed by atoms with Gasteiger partial charge in [-0.25, -0.2) is 0 Å². The van der Waals surface area contributed by atoms with E-state index < -0.39 is 0 Å². The molecule has 0 fully saturated rings. The van der Waals surface area contributed by atoms with Gasteiger partial charge in [-0.2, -0.15) is 0 Å². The van der Waals surface area contributed by atoms with Crippen LogP contribution in [0.25, 0.3) is 10.1 Å². The van der Waals surface area contributed by atoms with E-state index in [0.717, 1.165) is 5.56 Å². The summed E-state index contributed by atoms with van der Waals surface area (Å²) in [5.41, 5.74) is 1.16. The fourth-order valence-corrected chi connectivity index (χ4v) is 2.74. The van der Waals surface area contributed by atoms with Gasteiger partial charge in [0.15, 0.2) is 0 Å². The van der Waals surface area contributed by atoms with Crippen molar-refractivity contribution in [3.05, 3.63) is 47.9 Å². The molecule has 0 spiro atoms. The highest BCUT2D eigenvalue weighted by Crippen LogP contribution is 2.29. The molecule has 1 atom stereocenters. The van der Waals surface area contributed by atoms with E-state index in [2.05, 4.69) is 29.4 Å². The first-order valence-electron chi connectivity index (χ1n) is 5.11. The molecule has 2 aromatic rings. The zero-order chi connectivity index (χ0) is 11.5. The summed E-state index contributed by atoms with van der Waals surface area (Å²) in [7, 11) is 0. The zero-order valence-corrected chi connectivity index (χ0v) is 9.88. The molecule has 0 saturated heterocycles. The van der Waals surface area contributed by atoms with Gasteiger partial charge in [0.05, 0.1) is 6.04 Å². The van der Waals surface area contributed by atoms with E-state index in [4.69, 9.17) is 0 Å². The highest BCUT2D eigenvalue weighted by Gasteiger charge is 2.11. The largest absolute Gasteiger partial charge is 0.346 e. The van der Waals surface area contributed by atoms with E-state index in [9.17, 15) is 4.79 Å². The van der Waals surface area contributed by atoms with Crippen molar-refractivity contribution in [2.75, 3.05) is 0 Å². The molecule has 1 unspecified atom stereocenters. The minimum absolute atomic E-state index is 0.0154. The smallest absolute Gasteiger partial charge is 0.243 e. The lowest BCUT2D eigenvalue weighted by Gasteiger charge is -2.11. The third-order valence-corrected chi connectivity index (χ3v) is 3.50. The standard InChI is InChI=1S/C13H13NOS/c1-3-13(15)14-9(2)11-8-16-12-7-5-4-6-10(11)12/h3-9H,1H2,2H3,(H,14,15). The van der Waals surface area contributed by atoms with Gasteiger partial charge in [-0.05, 0) is 35.4 Å². The lowest BCUT2D eigenvalue weighted by atomic mass is 10.1. The molecule has 0 bridgehead atoms. The van der Waals surface area contributed by atoms with E-state index in [-0.39, 0.29) is 11.9 Å². The summed E-state index contributed by atoms with van der Waals surface area (Å²) >= 11 is 1.70. The lowest BCUT2D eigenvalue weighted by molar-refractivity contribution is -0.117. The first-order valence-corrected chi connectivity index (χ1v) is 5.99. The van der Waals surface area contributed by atoms with Crippen LogP contribution in [0.1, 0.15) is 18.5 Å². The van der Waals surface area contributed by atoms with Gasteiger partial charge >= 0.3 is 0 Å². The second-order valence-electron chi connectivity index (χ2n) is 3.62. The number of thiophene rings is 1. The van der Waals surface area contributed by atoms with Crippen LogP contribution in [0, 0.1) is 0 Å². The molecular weight excluding hydrogens is 218 g/mol. The number of nitrogens with one attached hydrogen (secondary N) is 1. The molecule has 0 aliphatic carbocycles. The Labute approximate surface area is 98.6 Å². The van der Waals surface area contributed by atoms with Crippen molar-refractivity contribution >= 4 is 27.3 Å². The Kier molecular flexibility index (Phi) is 3.06. The summed E-state index contributed by atoms with van der Waals surface area (Å²) in [5, 5.41) is 6.18. The number of hydrogen-bond acceptors (Lipinski definition) is 2. The van der Waals surface area contributed by atoms with E-state index >= 15 is 0 Å². The quantitative estimate of drug-likeness (QED) is 0.807. The number of fused-ring (bicyclic) bond motifs is 1. The Morgan fingerprint density at radius 3 is 3.00 bits per heavy atom. The zero-order valence-electron chi connectivity index (χ0n) is 9.07. The summed E-state index contributed by atoms with van der Waals surface area (Å²) in [6.07, 6.45) is 1.30. The molecule has 0 radical (unpaired) electrons. The molecule has 3 heteroatoms. The first kappa shape index (κ1) is 10.9. The Balaban J connectivity index is 2.32. The minimum Gasteiger partial charge on any atom is -0.346 e. The molecule has 1 aromatic carbocycles. The van der Waals surface area contributed by atoms with Crippen LogP contribution in [-0.2, 0) is 4.79 Å². The highest BCUT2D eigenvalue weighted by atomic mass is 32.1. The topological polar surface area (TPSA) is 29.1 Å². The van der Waals surface area contributed by atoms with E-state index in [1.807, 2.05) is 19.1 Å². The molecule has 82 valence electrons. The summed E-state index contributed by atoms with van der Waals surface area (Å²) in [6, 6.07) is 8.22. The number of amides is 1. The predicted octanol–water partition coefficient (Wildman–Crippen LogP) is 3.26. The van der Waals surface area contributed by atoms with Gasteiger partial charge in [-0.15, -0.1) is 11.3 Å². The maximum absolute atomic E-state index is 11.2. The van der Waals surface area contributed by atoms with Gasteiger partial charge in [0.1, 0.15) is 0 Å². The molecule has 0 aliphatic heterocycles. The normalized spacial score (nSPS) is 12.3. The average Bonchev–Trinajstić information content (AvgIpc) is 2.72. The summed E-state index contributed by atoms with van der Waals surface area (Å²) < 4.78 is 1.25. The molecule has 1 aromatic heterocycles. The number of carbonyl (C=O) groups excluding carboxylic acids is 1. The second kappa shape index (κ2) is 4.49. The Hall–Kier alpha value is -1.61. The number of rotatable bonds is 3. The molecule has 2 rings (SSSR count). The molecule has 2 nitrogen and oxygen atoms in total. The molecule has 16 heavy (non-hydrogen) atoms. The molecule has 1 heterocycles. The van der Waals surface area contributed by atoms with E-state index in [0.29, 0.717) is 0 Å². The van der Waals surface area contributed by atoms with Crippen LogP contribution < -0.4 is 5.32 Å². The van der Waals surface area contributed by atoms with Crippen molar-refractivity contribution in [3.63, 3.8) is 0 Å². The number of carbonyl (C=O) groups is 1. The maximum Gasteiger partial charge on any atom is 0.243 e. The highest BCUT2D eigenvalue weighted by molar-refractivity contribution is 7.17. The van der Waals surface area contributed by atoms with Crippen molar-refractivity contribution in [1.29, 1.82) is 0 Å². The summed E-state index contributed by atoms with van der Waals surface area (Å²) in [4.78, 5) is 11.2. The predicted molar refractivity (Wildman–Crippen MR) is 68.6 cm³/mol. The van der Waals surface area contributed by atoms with E-state index in [1.54, 1.807) is 11.3 Å². The maximum atomic E-state index is 11.2. The Morgan fingerprint density at radius 2 is 2.25 bits per heavy atom. The first-order chi connectivity index (χ1) is 7.72. The van der Waals surface area contributed by atoms with Crippen molar-refractivity contribution in [2.24, 2.45) is 0 Å². The summed E-state index contributed by atoms with van der Waals surface area (Å²) in [5.74, 6) is -0.136. The Morgan fingerprint density at radius 1 is 1.50 bits per heavy atom. The third kappa shape index (κ3) is 1.99. The van der Waals surface area contributed by atoms with E-state index in [1.165, 1.54) is 16.2 Å². The van der Waals surface area contributed by atoms with Crippen molar-refractivity contribution < 1.29 is 4.79 Å². The van der Waals surface area contributed by atoms with Gasteiger partial charge in [-0.3, -0.25) is 4.79 Å². The summed E-state index contributed by atoms with van der Waals surface area (Å²) in [6.45, 7) is 5.43. The van der Waals surface area contributed by atoms with Crippen molar-refractivity contribution in [2.45, 2.75) is 13.0 Å². The van der Waals surface area contributed by atoms with Crippen LogP contribution in [0.4, 0.5) is 0 Å². The fraction of sp³-hybridized carbons (Fsp3) is 0.154. The van der Waals surface area contributed by atoms with Crippen LogP contribution in [0.15, 0.2) is 42.3 Å². The Bertz CT molecular complexity index is 529. The van der Waals surface area contributed by atoms with Crippen molar-refractivity contribution in [1.82, 2.24) is 5.32 Å². The molecule has 1 amide bonds. The molecule has 0 saturated carbocycles. The molecule has 0 aliphatic rings. The number of benzene rings is 1. The van der Waals surface area contributed by atoms with Crippen LogP contribution in [0.2, 0.25) is 0 Å². The van der Waals surface area contributed by atoms with Crippen LogP contribution in [-0.4, -0.2) is 5.91 Å².